The average molecular weight is 713 g/mol. The summed E-state index contributed by atoms with van der Waals surface area (Å²) in [7, 11) is 0. The molecule has 1 aliphatic carbocycles. The van der Waals surface area contributed by atoms with E-state index in [0.29, 0.717) is 0 Å². The van der Waals surface area contributed by atoms with Gasteiger partial charge in [-0.15, -0.1) is 0 Å². The molecular formula is C55H36O. The molecule has 1 nitrogen and oxygen atoms in total. The van der Waals surface area contributed by atoms with Crippen LogP contribution in [0.1, 0.15) is 25.0 Å². The second-order valence-corrected chi connectivity index (χ2v) is 16.0. The Morgan fingerprint density at radius 2 is 0.911 bits per heavy atom. The number of hydrogen-bond acceptors (Lipinski definition) is 1. The molecule has 1 heteroatoms. The van der Waals surface area contributed by atoms with Crippen LogP contribution in [0.25, 0.3) is 110 Å². The summed E-state index contributed by atoms with van der Waals surface area (Å²) in [5.74, 6) is 0. The zero-order valence-corrected chi connectivity index (χ0v) is 31.2. The molecule has 0 saturated carbocycles. The van der Waals surface area contributed by atoms with E-state index in [0.717, 1.165) is 11.2 Å². The van der Waals surface area contributed by atoms with Crippen LogP contribution in [0.2, 0.25) is 0 Å². The van der Waals surface area contributed by atoms with E-state index in [9.17, 15) is 0 Å². The first-order valence-electron chi connectivity index (χ1n) is 19.6. The number of furan rings is 1. The lowest BCUT2D eigenvalue weighted by atomic mass is 9.81. The van der Waals surface area contributed by atoms with E-state index in [2.05, 4.69) is 196 Å². The van der Waals surface area contributed by atoms with Crippen molar-refractivity contribution in [1.29, 1.82) is 0 Å². The molecule has 1 aromatic heterocycles. The smallest absolute Gasteiger partial charge is 0.140 e. The Bertz CT molecular complexity index is 3380. The molecule has 0 amide bonds. The third-order valence-electron chi connectivity index (χ3n) is 12.6. The van der Waals surface area contributed by atoms with Gasteiger partial charge in [0.05, 0.1) is 0 Å². The van der Waals surface area contributed by atoms with E-state index in [1.54, 1.807) is 0 Å². The standard InChI is InChI=1S/C55H36O/c1-55(2)48-32-38(24-26-41(48)46-27-28-47-52-40-15-7-6-12-33(40)25-29-49(52)56-54(47)53(46)55)36-20-21-37-31-39(23-22-35(37)30-36)51-44-18-10-8-16-42(44)50(34-13-4-3-5-14-34)43-17-9-11-19-45(43)51/h3-32H,1-2H3. The Kier molecular flexibility index (Phi) is 6.46. The molecule has 0 saturated heterocycles. The van der Waals surface area contributed by atoms with Gasteiger partial charge in [-0.25, -0.2) is 0 Å². The summed E-state index contributed by atoms with van der Waals surface area (Å²) in [5, 5.41) is 12.5. The zero-order chi connectivity index (χ0) is 37.1. The van der Waals surface area contributed by atoms with Crippen molar-refractivity contribution in [2.75, 3.05) is 0 Å². The second-order valence-electron chi connectivity index (χ2n) is 16.0. The molecule has 0 atom stereocenters. The summed E-state index contributed by atoms with van der Waals surface area (Å²) in [6.07, 6.45) is 0. The molecule has 0 bridgehead atoms. The van der Waals surface area contributed by atoms with Crippen molar-refractivity contribution < 1.29 is 4.42 Å². The Morgan fingerprint density at radius 3 is 1.62 bits per heavy atom. The molecule has 10 aromatic carbocycles. The minimum atomic E-state index is -0.225. The molecule has 262 valence electrons. The summed E-state index contributed by atoms with van der Waals surface area (Å²) in [6.45, 7) is 4.71. The fourth-order valence-electron chi connectivity index (χ4n) is 10.0. The van der Waals surface area contributed by atoms with Crippen molar-refractivity contribution >= 4 is 65.0 Å². The van der Waals surface area contributed by atoms with Gasteiger partial charge in [-0.2, -0.15) is 0 Å². The van der Waals surface area contributed by atoms with E-state index in [1.165, 1.54) is 109 Å². The zero-order valence-electron chi connectivity index (χ0n) is 31.2. The fraction of sp³-hybridized carbons (Fsp3) is 0.0545. The number of hydrogen-bond donors (Lipinski definition) is 0. The van der Waals surface area contributed by atoms with E-state index in [1.807, 2.05) is 0 Å². The van der Waals surface area contributed by atoms with Crippen molar-refractivity contribution in [3.63, 3.8) is 0 Å². The van der Waals surface area contributed by atoms with Crippen LogP contribution in [-0.2, 0) is 5.41 Å². The van der Waals surface area contributed by atoms with Gasteiger partial charge in [-0.05, 0) is 123 Å². The van der Waals surface area contributed by atoms with Gasteiger partial charge in [-0.3, -0.25) is 0 Å². The van der Waals surface area contributed by atoms with Gasteiger partial charge in [0.2, 0.25) is 0 Å². The fourth-order valence-corrected chi connectivity index (χ4v) is 10.0. The Labute approximate surface area is 325 Å². The monoisotopic (exact) mass is 712 g/mol. The topological polar surface area (TPSA) is 13.1 Å². The predicted octanol–water partition coefficient (Wildman–Crippen LogP) is 15.5. The molecule has 0 unspecified atom stereocenters. The highest BCUT2D eigenvalue weighted by Crippen LogP contribution is 2.54. The molecule has 0 spiro atoms. The first-order valence-corrected chi connectivity index (χ1v) is 19.6. The molecule has 11 aromatic rings. The quantitative estimate of drug-likeness (QED) is 0.166. The van der Waals surface area contributed by atoms with Crippen LogP contribution >= 0.6 is 0 Å². The molecule has 0 radical (unpaired) electrons. The van der Waals surface area contributed by atoms with Gasteiger partial charge in [0.15, 0.2) is 0 Å². The molecule has 12 rings (SSSR count). The van der Waals surface area contributed by atoms with Crippen LogP contribution in [-0.4, -0.2) is 0 Å². The lowest BCUT2D eigenvalue weighted by Crippen LogP contribution is -2.15. The second kappa shape index (κ2) is 11.5. The number of benzene rings is 10. The van der Waals surface area contributed by atoms with Gasteiger partial charge < -0.3 is 4.42 Å². The first kappa shape index (κ1) is 31.4. The molecular weight excluding hydrogens is 677 g/mol. The molecule has 0 fully saturated rings. The van der Waals surface area contributed by atoms with Gasteiger partial charge in [0.1, 0.15) is 11.2 Å². The van der Waals surface area contributed by atoms with Crippen molar-refractivity contribution in [2.24, 2.45) is 0 Å². The average Bonchev–Trinajstić information content (AvgIpc) is 3.74. The summed E-state index contributed by atoms with van der Waals surface area (Å²) in [4.78, 5) is 0. The van der Waals surface area contributed by atoms with Gasteiger partial charge in [-0.1, -0.05) is 166 Å². The molecule has 1 aliphatic rings. The highest BCUT2D eigenvalue weighted by molar-refractivity contribution is 6.22. The molecule has 1 heterocycles. The van der Waals surface area contributed by atoms with Crippen LogP contribution in [0.15, 0.2) is 186 Å². The third kappa shape index (κ3) is 4.37. The van der Waals surface area contributed by atoms with Gasteiger partial charge in [0.25, 0.3) is 0 Å². The Balaban J connectivity index is 0.962. The third-order valence-corrected chi connectivity index (χ3v) is 12.6. The van der Waals surface area contributed by atoms with Crippen molar-refractivity contribution in [3.8, 4) is 44.5 Å². The molecule has 56 heavy (non-hydrogen) atoms. The number of rotatable bonds is 3. The maximum Gasteiger partial charge on any atom is 0.140 e. The van der Waals surface area contributed by atoms with Crippen LogP contribution in [0.4, 0.5) is 0 Å². The van der Waals surface area contributed by atoms with E-state index in [4.69, 9.17) is 4.42 Å². The lowest BCUT2D eigenvalue weighted by Gasteiger charge is -2.22. The summed E-state index contributed by atoms with van der Waals surface area (Å²) >= 11 is 0. The van der Waals surface area contributed by atoms with Crippen molar-refractivity contribution in [1.82, 2.24) is 0 Å². The van der Waals surface area contributed by atoms with Crippen molar-refractivity contribution in [2.45, 2.75) is 19.3 Å². The van der Waals surface area contributed by atoms with Crippen LogP contribution in [0, 0.1) is 0 Å². The maximum atomic E-state index is 6.75. The first-order chi connectivity index (χ1) is 27.5. The van der Waals surface area contributed by atoms with Crippen LogP contribution in [0.3, 0.4) is 0 Å². The summed E-state index contributed by atoms with van der Waals surface area (Å²) in [5.41, 5.74) is 14.4. The van der Waals surface area contributed by atoms with Crippen LogP contribution in [0.5, 0.6) is 0 Å². The highest BCUT2D eigenvalue weighted by atomic mass is 16.3. The predicted molar refractivity (Wildman–Crippen MR) is 238 cm³/mol. The minimum absolute atomic E-state index is 0.225. The largest absolute Gasteiger partial charge is 0.456 e. The lowest BCUT2D eigenvalue weighted by molar-refractivity contribution is 0.620. The van der Waals surface area contributed by atoms with E-state index in [-0.39, 0.29) is 5.41 Å². The van der Waals surface area contributed by atoms with Gasteiger partial charge >= 0.3 is 0 Å². The maximum absolute atomic E-state index is 6.75. The van der Waals surface area contributed by atoms with E-state index < -0.39 is 0 Å². The SMILES string of the molecule is CC1(C)c2cc(-c3ccc4cc(-c5c6ccccc6c(-c6ccccc6)c6ccccc56)ccc4c3)ccc2-c2ccc3c(oc4ccc5ccccc5c43)c21. The summed E-state index contributed by atoms with van der Waals surface area (Å²) in [6, 6.07) is 67.1. The highest BCUT2D eigenvalue weighted by Gasteiger charge is 2.39. The molecule has 0 N–H and O–H groups in total. The Hall–Kier alpha value is -6.96. The summed E-state index contributed by atoms with van der Waals surface area (Å²) < 4.78 is 6.75. The van der Waals surface area contributed by atoms with E-state index >= 15 is 0 Å². The minimum Gasteiger partial charge on any atom is -0.456 e. The van der Waals surface area contributed by atoms with Crippen LogP contribution < -0.4 is 0 Å². The molecule has 0 aliphatic heterocycles. The normalized spacial score (nSPS) is 13.3. The number of fused-ring (bicyclic) bond motifs is 12. The van der Waals surface area contributed by atoms with Crippen molar-refractivity contribution in [3.05, 3.63) is 193 Å². The Morgan fingerprint density at radius 1 is 0.375 bits per heavy atom. The van der Waals surface area contributed by atoms with Gasteiger partial charge in [0, 0.05) is 21.8 Å².